The lowest BCUT2D eigenvalue weighted by Crippen LogP contribution is -2.34. The van der Waals surface area contributed by atoms with Crippen LogP contribution in [-0.4, -0.2) is 66.3 Å². The third-order valence-corrected chi connectivity index (χ3v) is 14.8. The number of hydrogen-bond donors (Lipinski definition) is 0. The highest BCUT2D eigenvalue weighted by Gasteiger charge is 2.30. The van der Waals surface area contributed by atoms with Crippen LogP contribution in [-0.2, 0) is 29.5 Å². The summed E-state index contributed by atoms with van der Waals surface area (Å²) in [7, 11) is -2.49. The van der Waals surface area contributed by atoms with Gasteiger partial charge in [-0.1, -0.05) is 64.4 Å². The number of ether oxygens (including phenoxy) is 2. The van der Waals surface area contributed by atoms with E-state index < -0.39 is 16.1 Å². The Kier molecular flexibility index (Phi) is 12.1. The summed E-state index contributed by atoms with van der Waals surface area (Å²) in [6.45, 7) is 23.5. The lowest BCUT2D eigenvalue weighted by atomic mass is 9.95. The van der Waals surface area contributed by atoms with Gasteiger partial charge in [0.15, 0.2) is 0 Å². The normalized spacial score (nSPS) is 17.0. The third-order valence-electron chi connectivity index (χ3n) is 11.4. The zero-order valence-electron chi connectivity index (χ0n) is 35.0. The molecule has 1 aliphatic heterocycles. The van der Waals surface area contributed by atoms with Gasteiger partial charge in [0.1, 0.15) is 24.8 Å². The minimum absolute atomic E-state index is 0.0448. The number of piperidine rings is 1. The summed E-state index contributed by atoms with van der Waals surface area (Å²) in [4.78, 5) is 17.4. The van der Waals surface area contributed by atoms with Gasteiger partial charge in [-0.05, 0) is 116 Å². The zero-order valence-corrected chi connectivity index (χ0v) is 37.0. The van der Waals surface area contributed by atoms with Crippen LogP contribution in [0.15, 0.2) is 65.7 Å². The molecule has 4 heterocycles. The maximum Gasteiger partial charge on any atom is 0.279 e. The van der Waals surface area contributed by atoms with Crippen molar-refractivity contribution in [3.05, 3.63) is 93.9 Å². The van der Waals surface area contributed by atoms with E-state index in [9.17, 15) is 9.18 Å². The summed E-state index contributed by atoms with van der Waals surface area (Å²) in [5.74, 6) is 0.778. The Hall–Kier alpha value is -3.62. The van der Waals surface area contributed by atoms with Crippen LogP contribution in [0, 0.1) is 18.7 Å². The van der Waals surface area contributed by atoms with Gasteiger partial charge in [-0.25, -0.2) is 9.07 Å². The maximum absolute atomic E-state index is 15.0. The van der Waals surface area contributed by atoms with E-state index >= 15 is 0 Å². The Bertz CT molecular complexity index is 2230. The van der Waals surface area contributed by atoms with Crippen molar-refractivity contribution in [2.75, 3.05) is 26.3 Å². The van der Waals surface area contributed by atoms with Crippen molar-refractivity contribution in [1.82, 2.24) is 23.8 Å². The molecule has 1 saturated carbocycles. The predicted molar refractivity (Wildman–Crippen MR) is 233 cm³/mol. The first-order valence-electron chi connectivity index (χ1n) is 20.7. The fourth-order valence-corrected chi connectivity index (χ4v) is 9.51. The summed E-state index contributed by atoms with van der Waals surface area (Å²) in [5.41, 5.74) is 7.97. The molecular formula is C45H62FN5O3Si2. The van der Waals surface area contributed by atoms with E-state index in [2.05, 4.69) is 74.0 Å². The molecule has 300 valence electrons. The minimum Gasteiger partial charge on any atom is -0.361 e. The zero-order chi connectivity index (χ0) is 39.8. The van der Waals surface area contributed by atoms with E-state index in [0.717, 1.165) is 89.2 Å². The van der Waals surface area contributed by atoms with Gasteiger partial charge >= 0.3 is 0 Å². The second kappa shape index (κ2) is 16.7. The Morgan fingerprint density at radius 2 is 1.61 bits per heavy atom. The predicted octanol–water partition coefficient (Wildman–Crippen LogP) is 10.5. The third kappa shape index (κ3) is 9.73. The van der Waals surface area contributed by atoms with Crippen molar-refractivity contribution in [3.63, 3.8) is 0 Å². The number of fused-ring (bicyclic) bond motifs is 1. The molecule has 2 fully saturated rings. The van der Waals surface area contributed by atoms with Gasteiger partial charge in [-0.3, -0.25) is 14.3 Å². The van der Waals surface area contributed by atoms with Crippen molar-refractivity contribution in [2.24, 2.45) is 5.92 Å². The molecule has 11 heteroatoms. The van der Waals surface area contributed by atoms with Crippen LogP contribution in [0.4, 0.5) is 4.39 Å². The smallest absolute Gasteiger partial charge is 0.279 e. The van der Waals surface area contributed by atoms with Crippen LogP contribution in [0.5, 0.6) is 0 Å². The van der Waals surface area contributed by atoms with Crippen LogP contribution in [0.25, 0.3) is 39.0 Å². The highest BCUT2D eigenvalue weighted by atomic mass is 28.3. The van der Waals surface area contributed by atoms with E-state index in [4.69, 9.17) is 14.6 Å². The summed E-state index contributed by atoms with van der Waals surface area (Å²) in [6, 6.07) is 17.4. The molecule has 1 aliphatic carbocycles. The first-order chi connectivity index (χ1) is 26.6. The van der Waals surface area contributed by atoms with E-state index in [1.807, 2.05) is 42.0 Å². The van der Waals surface area contributed by atoms with Gasteiger partial charge in [-0.2, -0.15) is 5.10 Å². The average molecular weight is 796 g/mol. The maximum atomic E-state index is 15.0. The number of rotatable bonds is 16. The Morgan fingerprint density at radius 1 is 0.875 bits per heavy atom. The molecule has 2 aromatic carbocycles. The number of pyridine rings is 1. The van der Waals surface area contributed by atoms with E-state index in [-0.39, 0.29) is 11.4 Å². The first-order valence-corrected chi connectivity index (χ1v) is 28.2. The molecule has 2 aliphatic rings. The molecule has 0 unspecified atom stereocenters. The van der Waals surface area contributed by atoms with Crippen molar-refractivity contribution in [3.8, 4) is 28.1 Å². The summed E-state index contributed by atoms with van der Waals surface area (Å²) in [6.07, 6.45) is 8.77. The molecular weight excluding hydrogens is 734 g/mol. The average Bonchev–Trinajstić information content (AvgIpc) is 3.82. The number of aromatic nitrogens is 4. The van der Waals surface area contributed by atoms with E-state index in [1.165, 1.54) is 24.5 Å². The van der Waals surface area contributed by atoms with Crippen LogP contribution in [0.3, 0.4) is 0 Å². The number of halogens is 1. The SMILES string of the molecule is Cc1cn(COCC[Si](C)(C)C)nc1-c1cc(F)ccc1-c1cccc(-n2cc(C3CC3)c3cc(CN4CCC[C@H](C)C4)n(COCC[Si](C)(C)C)c3c2=O)c1. The molecule has 0 spiro atoms. The fraction of sp³-hybridized carbons (Fsp3) is 0.511. The standard InChI is InChI=1S/C45H62FN5O3Si2/c1-32-11-10-18-48(26-32)28-38-25-41-42(34-14-15-34)29-50(45(52)44(41)51(38)31-54-20-22-56(6,7)8)37-13-9-12-35(23-37)39-17-16-36(46)24-40(39)43-33(2)27-49(47-43)30-53-19-21-55(3,4)5/h9,12-13,16-17,23-25,27,29,32,34H,10-11,14-15,18-22,26,28,30-31H2,1-8H3/t32-/m0/s1. The van der Waals surface area contributed by atoms with Gasteiger partial charge in [-0.15, -0.1) is 0 Å². The molecule has 0 amide bonds. The molecule has 1 atom stereocenters. The van der Waals surface area contributed by atoms with Crippen molar-refractivity contribution in [2.45, 2.75) is 117 Å². The molecule has 0 N–H and O–H groups in total. The Balaban J connectivity index is 1.27. The molecule has 1 saturated heterocycles. The van der Waals surface area contributed by atoms with Crippen molar-refractivity contribution >= 4 is 27.1 Å². The summed E-state index contributed by atoms with van der Waals surface area (Å²) >= 11 is 0. The fourth-order valence-electron chi connectivity index (χ4n) is 7.99. The Morgan fingerprint density at radius 3 is 2.30 bits per heavy atom. The molecule has 0 radical (unpaired) electrons. The summed E-state index contributed by atoms with van der Waals surface area (Å²) in [5, 5.41) is 5.94. The van der Waals surface area contributed by atoms with Gasteiger partial charge in [0.25, 0.3) is 5.56 Å². The molecule has 0 bridgehead atoms. The topological polar surface area (TPSA) is 66.4 Å². The monoisotopic (exact) mass is 795 g/mol. The molecule has 5 aromatic rings. The number of hydrogen-bond acceptors (Lipinski definition) is 5. The quantitative estimate of drug-likeness (QED) is 0.0735. The van der Waals surface area contributed by atoms with Crippen molar-refractivity contribution < 1.29 is 13.9 Å². The van der Waals surface area contributed by atoms with Gasteiger partial charge in [0.2, 0.25) is 0 Å². The highest BCUT2D eigenvalue weighted by Crippen LogP contribution is 2.44. The van der Waals surface area contributed by atoms with E-state index in [1.54, 1.807) is 10.7 Å². The van der Waals surface area contributed by atoms with Crippen LogP contribution >= 0.6 is 0 Å². The van der Waals surface area contributed by atoms with E-state index in [0.29, 0.717) is 44.1 Å². The molecule has 8 nitrogen and oxygen atoms in total. The second-order valence-corrected chi connectivity index (χ2v) is 30.2. The Labute approximate surface area is 334 Å². The largest absolute Gasteiger partial charge is 0.361 e. The number of nitrogens with zero attached hydrogens (tertiary/aromatic N) is 5. The van der Waals surface area contributed by atoms with Crippen LogP contribution in [0.1, 0.15) is 55.3 Å². The van der Waals surface area contributed by atoms with Crippen LogP contribution in [0.2, 0.25) is 51.4 Å². The molecule has 3 aromatic heterocycles. The number of likely N-dealkylation sites (tertiary alicyclic amines) is 1. The lowest BCUT2D eigenvalue weighted by molar-refractivity contribution is 0.0787. The van der Waals surface area contributed by atoms with Gasteiger partial charge in [0.05, 0.1) is 5.69 Å². The lowest BCUT2D eigenvalue weighted by Gasteiger charge is -2.31. The van der Waals surface area contributed by atoms with Crippen LogP contribution < -0.4 is 5.56 Å². The summed E-state index contributed by atoms with van der Waals surface area (Å²) < 4.78 is 33.2. The first kappa shape index (κ1) is 40.6. The molecule has 7 rings (SSSR count). The number of benzene rings is 2. The van der Waals surface area contributed by atoms with Gasteiger partial charge < -0.3 is 14.0 Å². The second-order valence-electron chi connectivity index (χ2n) is 19.0. The highest BCUT2D eigenvalue weighted by molar-refractivity contribution is 6.76. The molecule has 56 heavy (non-hydrogen) atoms. The minimum atomic E-state index is -1.29. The number of aryl methyl sites for hydroxylation is 1. The van der Waals surface area contributed by atoms with Gasteiger partial charge in [0, 0.05) is 77.2 Å². The van der Waals surface area contributed by atoms with Crippen molar-refractivity contribution in [1.29, 1.82) is 0 Å².